The molecule has 0 aliphatic carbocycles. The van der Waals surface area contributed by atoms with E-state index in [2.05, 4.69) is 15.0 Å². The lowest BCUT2D eigenvalue weighted by Crippen LogP contribution is -2.13. The number of hydrogen-bond acceptors (Lipinski definition) is 5. The summed E-state index contributed by atoms with van der Waals surface area (Å²) in [5.74, 6) is 1.05. The van der Waals surface area contributed by atoms with Gasteiger partial charge in [-0.05, 0) is 18.6 Å². The zero-order chi connectivity index (χ0) is 10.8. The number of H-pyrrole nitrogens is 1. The number of nitrogens with one attached hydrogen (secondary N) is 1. The molecule has 0 amide bonds. The van der Waals surface area contributed by atoms with Crippen LogP contribution < -0.4 is 11.5 Å². The summed E-state index contributed by atoms with van der Waals surface area (Å²) in [5.41, 5.74) is 12.7. The van der Waals surface area contributed by atoms with Crippen LogP contribution >= 0.6 is 0 Å². The van der Waals surface area contributed by atoms with Crippen molar-refractivity contribution in [2.24, 2.45) is 5.73 Å². The van der Waals surface area contributed by atoms with E-state index in [4.69, 9.17) is 16.6 Å². The standard InChI is InChI=1S/C9H13N5O/c10-5(3-4-15)8-12-6-1-2-7(11)13-9(6)14-8/h1-2,5,15H,3-4,10H2,(H3,11,12,13,14). The molecule has 1 unspecified atom stereocenters. The summed E-state index contributed by atoms with van der Waals surface area (Å²) < 4.78 is 0. The molecule has 6 nitrogen and oxygen atoms in total. The minimum absolute atomic E-state index is 0.0355. The third-order valence-electron chi connectivity index (χ3n) is 2.18. The molecule has 0 radical (unpaired) electrons. The van der Waals surface area contributed by atoms with E-state index < -0.39 is 0 Å². The molecule has 0 spiro atoms. The molecule has 2 aromatic heterocycles. The highest BCUT2D eigenvalue weighted by Gasteiger charge is 2.11. The molecule has 0 aromatic carbocycles. The lowest BCUT2D eigenvalue weighted by molar-refractivity contribution is 0.275. The van der Waals surface area contributed by atoms with Gasteiger partial charge >= 0.3 is 0 Å². The summed E-state index contributed by atoms with van der Waals surface area (Å²) in [6.45, 7) is 0.0355. The number of fused-ring (bicyclic) bond motifs is 1. The maximum absolute atomic E-state index is 8.76. The summed E-state index contributed by atoms with van der Waals surface area (Å²) in [6, 6.07) is 3.20. The molecular formula is C9H13N5O. The van der Waals surface area contributed by atoms with Crippen LogP contribution in [0.15, 0.2) is 12.1 Å². The van der Waals surface area contributed by atoms with Gasteiger partial charge in [0.1, 0.15) is 11.6 Å². The van der Waals surface area contributed by atoms with Crippen molar-refractivity contribution in [2.75, 3.05) is 12.3 Å². The van der Waals surface area contributed by atoms with Crippen molar-refractivity contribution in [1.82, 2.24) is 15.0 Å². The Morgan fingerprint density at radius 3 is 2.93 bits per heavy atom. The second-order valence-electron chi connectivity index (χ2n) is 3.35. The maximum Gasteiger partial charge on any atom is 0.179 e. The number of aromatic amines is 1. The smallest absolute Gasteiger partial charge is 0.179 e. The predicted octanol–water partition coefficient (Wildman–Crippen LogP) is -0.0777. The highest BCUT2D eigenvalue weighted by molar-refractivity contribution is 5.72. The van der Waals surface area contributed by atoms with Crippen molar-refractivity contribution in [2.45, 2.75) is 12.5 Å². The van der Waals surface area contributed by atoms with E-state index in [1.54, 1.807) is 12.1 Å². The van der Waals surface area contributed by atoms with Gasteiger partial charge in [0.15, 0.2) is 5.65 Å². The number of imidazole rings is 1. The fourth-order valence-electron chi connectivity index (χ4n) is 1.38. The lowest BCUT2D eigenvalue weighted by Gasteiger charge is -2.04. The van der Waals surface area contributed by atoms with Crippen molar-refractivity contribution in [3.8, 4) is 0 Å². The average molecular weight is 207 g/mol. The summed E-state index contributed by atoms with van der Waals surface area (Å²) in [4.78, 5) is 11.3. The number of pyridine rings is 1. The highest BCUT2D eigenvalue weighted by Crippen LogP contribution is 2.15. The van der Waals surface area contributed by atoms with Crippen molar-refractivity contribution >= 4 is 17.0 Å². The normalized spacial score (nSPS) is 13.2. The zero-order valence-corrected chi connectivity index (χ0v) is 8.14. The van der Waals surface area contributed by atoms with Crippen LogP contribution in [0.5, 0.6) is 0 Å². The first-order chi connectivity index (χ1) is 7.20. The molecule has 6 N–H and O–H groups in total. The number of hydrogen-bond donors (Lipinski definition) is 4. The Balaban J connectivity index is 2.38. The third kappa shape index (κ3) is 1.90. The minimum Gasteiger partial charge on any atom is -0.396 e. The Kier molecular flexibility index (Phi) is 2.53. The van der Waals surface area contributed by atoms with Gasteiger partial charge in [0.05, 0.1) is 11.6 Å². The Hall–Kier alpha value is -1.66. The summed E-state index contributed by atoms with van der Waals surface area (Å²) in [7, 11) is 0. The van der Waals surface area contributed by atoms with E-state index in [0.717, 1.165) is 5.52 Å². The number of aliphatic hydroxyl groups is 1. The van der Waals surface area contributed by atoms with Gasteiger partial charge in [0.25, 0.3) is 0 Å². The number of rotatable bonds is 3. The Morgan fingerprint density at radius 1 is 1.40 bits per heavy atom. The SMILES string of the molecule is Nc1ccc2[nH]c(C(N)CCO)nc2n1. The van der Waals surface area contributed by atoms with Gasteiger partial charge in [-0.1, -0.05) is 0 Å². The Labute approximate surface area is 86.3 Å². The average Bonchev–Trinajstić information content (AvgIpc) is 2.60. The molecule has 0 aliphatic heterocycles. The predicted molar refractivity (Wildman–Crippen MR) is 56.9 cm³/mol. The number of anilines is 1. The molecular weight excluding hydrogens is 194 g/mol. The van der Waals surface area contributed by atoms with Gasteiger partial charge in [-0.2, -0.15) is 0 Å². The van der Waals surface area contributed by atoms with E-state index in [0.29, 0.717) is 23.7 Å². The largest absolute Gasteiger partial charge is 0.396 e. The van der Waals surface area contributed by atoms with Crippen LogP contribution in [0.1, 0.15) is 18.3 Å². The van der Waals surface area contributed by atoms with Gasteiger partial charge in [-0.3, -0.25) is 0 Å². The Morgan fingerprint density at radius 2 is 2.20 bits per heavy atom. The molecule has 2 rings (SSSR count). The number of nitrogens with zero attached hydrogens (tertiary/aromatic N) is 2. The molecule has 15 heavy (non-hydrogen) atoms. The zero-order valence-electron chi connectivity index (χ0n) is 8.14. The number of nitrogens with two attached hydrogens (primary N) is 2. The topological polar surface area (TPSA) is 114 Å². The van der Waals surface area contributed by atoms with E-state index in [1.165, 1.54) is 0 Å². The van der Waals surface area contributed by atoms with Crippen LogP contribution in [0.4, 0.5) is 5.82 Å². The van der Waals surface area contributed by atoms with Crippen LogP contribution in [0, 0.1) is 0 Å². The molecule has 0 saturated carbocycles. The van der Waals surface area contributed by atoms with Crippen LogP contribution in [0.2, 0.25) is 0 Å². The van der Waals surface area contributed by atoms with Gasteiger partial charge in [0, 0.05) is 6.61 Å². The molecule has 0 aliphatic rings. The molecule has 0 bridgehead atoms. The molecule has 6 heteroatoms. The van der Waals surface area contributed by atoms with E-state index in [-0.39, 0.29) is 12.6 Å². The number of nitrogen functional groups attached to an aromatic ring is 1. The third-order valence-corrected chi connectivity index (χ3v) is 2.18. The molecule has 80 valence electrons. The van der Waals surface area contributed by atoms with Crippen LogP contribution in [-0.4, -0.2) is 26.7 Å². The lowest BCUT2D eigenvalue weighted by atomic mass is 10.2. The molecule has 1 atom stereocenters. The maximum atomic E-state index is 8.76. The summed E-state index contributed by atoms with van der Waals surface area (Å²) in [5, 5.41) is 8.76. The van der Waals surface area contributed by atoms with E-state index in [1.807, 2.05) is 0 Å². The van der Waals surface area contributed by atoms with E-state index >= 15 is 0 Å². The molecule has 2 heterocycles. The second-order valence-corrected chi connectivity index (χ2v) is 3.35. The van der Waals surface area contributed by atoms with Gasteiger partial charge in [-0.25, -0.2) is 9.97 Å². The Bertz CT molecular complexity index is 466. The fourth-order valence-corrected chi connectivity index (χ4v) is 1.38. The first-order valence-corrected chi connectivity index (χ1v) is 4.69. The quantitative estimate of drug-likeness (QED) is 0.562. The van der Waals surface area contributed by atoms with Crippen molar-refractivity contribution in [1.29, 1.82) is 0 Å². The monoisotopic (exact) mass is 207 g/mol. The summed E-state index contributed by atoms with van der Waals surface area (Å²) >= 11 is 0. The highest BCUT2D eigenvalue weighted by atomic mass is 16.3. The molecule has 2 aromatic rings. The minimum atomic E-state index is -0.301. The first kappa shape index (κ1) is 9.88. The molecule has 0 fully saturated rings. The van der Waals surface area contributed by atoms with Gasteiger partial charge < -0.3 is 21.6 Å². The summed E-state index contributed by atoms with van der Waals surface area (Å²) in [6.07, 6.45) is 0.468. The van der Waals surface area contributed by atoms with Crippen molar-refractivity contribution in [3.63, 3.8) is 0 Å². The number of aliphatic hydroxyl groups excluding tert-OH is 1. The van der Waals surface area contributed by atoms with Crippen molar-refractivity contribution < 1.29 is 5.11 Å². The van der Waals surface area contributed by atoms with Crippen LogP contribution in [0.3, 0.4) is 0 Å². The van der Waals surface area contributed by atoms with Crippen LogP contribution in [-0.2, 0) is 0 Å². The van der Waals surface area contributed by atoms with Gasteiger partial charge in [0.2, 0.25) is 0 Å². The van der Waals surface area contributed by atoms with Crippen molar-refractivity contribution in [3.05, 3.63) is 18.0 Å². The molecule has 0 saturated heterocycles. The second kappa shape index (κ2) is 3.84. The fraction of sp³-hybridized carbons (Fsp3) is 0.333. The first-order valence-electron chi connectivity index (χ1n) is 4.69. The van der Waals surface area contributed by atoms with Crippen LogP contribution in [0.25, 0.3) is 11.2 Å². The number of aromatic nitrogens is 3. The van der Waals surface area contributed by atoms with Gasteiger partial charge in [-0.15, -0.1) is 0 Å². The van der Waals surface area contributed by atoms with E-state index in [9.17, 15) is 0 Å².